The Morgan fingerprint density at radius 1 is 1.00 bits per heavy atom. The number of likely N-dealkylation sites (tertiary alicyclic amines) is 1. The van der Waals surface area contributed by atoms with Crippen LogP contribution in [-0.2, 0) is 0 Å². The third kappa shape index (κ3) is 3.99. The number of imide groups is 1. The highest BCUT2D eigenvalue weighted by Crippen LogP contribution is 2.24. The van der Waals surface area contributed by atoms with Gasteiger partial charge in [0.25, 0.3) is 5.91 Å². The first-order valence-electron chi connectivity index (χ1n) is 8.21. The number of nitrogens with zero attached hydrogens (tertiary/aromatic N) is 2. The average molecular weight is 361 g/mol. The quantitative estimate of drug-likeness (QED) is 0.776. The Kier molecular flexibility index (Phi) is 5.34. The summed E-state index contributed by atoms with van der Waals surface area (Å²) in [5.41, 5.74) is 0.643. The molecular formula is C19H18ClFN2O2. The van der Waals surface area contributed by atoms with Crippen LogP contribution in [0.5, 0.6) is 0 Å². The van der Waals surface area contributed by atoms with Crippen molar-refractivity contribution in [1.29, 1.82) is 0 Å². The predicted octanol–water partition coefficient (Wildman–Crippen LogP) is 4.73. The van der Waals surface area contributed by atoms with Crippen LogP contribution in [0.25, 0.3) is 0 Å². The number of carbonyl (C=O) groups excluding carboxylic acids is 2. The molecule has 4 nitrogen and oxygen atoms in total. The summed E-state index contributed by atoms with van der Waals surface area (Å²) in [5, 5.41) is 0.431. The van der Waals surface area contributed by atoms with Crippen LogP contribution in [0.3, 0.4) is 0 Å². The minimum Gasteiger partial charge on any atom is -0.324 e. The number of benzene rings is 2. The molecule has 0 radical (unpaired) electrons. The van der Waals surface area contributed by atoms with Gasteiger partial charge in [0, 0.05) is 23.7 Å². The zero-order valence-corrected chi connectivity index (χ0v) is 14.4. The van der Waals surface area contributed by atoms with Gasteiger partial charge in [-0.25, -0.2) is 14.1 Å². The first-order chi connectivity index (χ1) is 12.1. The van der Waals surface area contributed by atoms with Gasteiger partial charge in [0.15, 0.2) is 0 Å². The second-order valence-electron chi connectivity index (χ2n) is 5.96. The molecular weight excluding hydrogens is 343 g/mol. The van der Waals surface area contributed by atoms with Gasteiger partial charge in [0.1, 0.15) is 5.82 Å². The minimum atomic E-state index is -0.502. The van der Waals surface area contributed by atoms with Crippen LogP contribution < -0.4 is 4.90 Å². The third-order valence-corrected chi connectivity index (χ3v) is 4.41. The van der Waals surface area contributed by atoms with Crippen LogP contribution in [-0.4, -0.2) is 29.9 Å². The van der Waals surface area contributed by atoms with Crippen LogP contribution in [0.4, 0.5) is 14.9 Å². The second kappa shape index (κ2) is 7.66. The fourth-order valence-electron chi connectivity index (χ4n) is 2.88. The van der Waals surface area contributed by atoms with E-state index in [2.05, 4.69) is 0 Å². The van der Waals surface area contributed by atoms with Crippen molar-refractivity contribution in [3.8, 4) is 0 Å². The molecule has 0 aromatic heterocycles. The Bertz CT molecular complexity index is 773. The minimum absolute atomic E-state index is 0.242. The topological polar surface area (TPSA) is 40.6 Å². The third-order valence-electron chi connectivity index (χ3n) is 4.18. The molecule has 1 aliphatic rings. The summed E-state index contributed by atoms with van der Waals surface area (Å²) in [6, 6.07) is 11.4. The number of amides is 3. The number of piperidine rings is 1. The summed E-state index contributed by atoms with van der Waals surface area (Å²) >= 11 is 6.04. The molecule has 2 aromatic carbocycles. The zero-order valence-electron chi connectivity index (χ0n) is 13.6. The van der Waals surface area contributed by atoms with Gasteiger partial charge < -0.3 is 4.90 Å². The highest BCUT2D eigenvalue weighted by molar-refractivity contribution is 6.31. The van der Waals surface area contributed by atoms with Gasteiger partial charge in [-0.1, -0.05) is 17.7 Å². The first kappa shape index (κ1) is 17.4. The molecule has 0 spiro atoms. The van der Waals surface area contributed by atoms with Gasteiger partial charge in [0.05, 0.1) is 5.69 Å². The van der Waals surface area contributed by atoms with E-state index in [1.54, 1.807) is 29.2 Å². The molecule has 1 heterocycles. The van der Waals surface area contributed by atoms with E-state index in [-0.39, 0.29) is 11.6 Å². The van der Waals surface area contributed by atoms with Crippen LogP contribution >= 0.6 is 11.6 Å². The number of urea groups is 1. The maximum absolute atomic E-state index is 13.2. The van der Waals surface area contributed by atoms with Crippen molar-refractivity contribution < 1.29 is 14.0 Å². The molecule has 0 bridgehead atoms. The highest BCUT2D eigenvalue weighted by Gasteiger charge is 2.30. The molecule has 1 fully saturated rings. The smallest absolute Gasteiger partial charge is 0.324 e. The van der Waals surface area contributed by atoms with Crippen LogP contribution in [0, 0.1) is 5.82 Å². The molecule has 0 N–H and O–H groups in total. The van der Waals surface area contributed by atoms with Gasteiger partial charge in [-0.2, -0.15) is 0 Å². The summed E-state index contributed by atoms with van der Waals surface area (Å²) in [6.07, 6.45) is 2.91. The largest absolute Gasteiger partial charge is 0.331 e. The number of anilines is 1. The molecule has 2 aromatic rings. The van der Waals surface area contributed by atoms with E-state index in [1.165, 1.54) is 24.3 Å². The zero-order chi connectivity index (χ0) is 17.8. The normalized spacial score (nSPS) is 14.2. The lowest BCUT2D eigenvalue weighted by atomic mass is 10.1. The fraction of sp³-hybridized carbons (Fsp3) is 0.263. The predicted molar refractivity (Wildman–Crippen MR) is 95.5 cm³/mol. The Morgan fingerprint density at radius 3 is 2.32 bits per heavy atom. The van der Waals surface area contributed by atoms with Gasteiger partial charge in [-0.05, 0) is 61.7 Å². The standard InChI is InChI=1S/C19H18ClFN2O2/c20-15-5-4-6-17(13-15)23(19(25)22-11-2-1-3-12-22)18(24)14-7-9-16(21)10-8-14/h4-10,13H,1-3,11-12H2. The summed E-state index contributed by atoms with van der Waals surface area (Å²) in [5.74, 6) is -0.939. The molecule has 6 heteroatoms. The van der Waals surface area contributed by atoms with Crippen molar-refractivity contribution in [2.24, 2.45) is 0 Å². The molecule has 1 aliphatic heterocycles. The maximum atomic E-state index is 13.2. The van der Waals surface area contributed by atoms with Crippen molar-refractivity contribution in [3.05, 3.63) is 64.9 Å². The van der Waals surface area contributed by atoms with Crippen LogP contribution in [0.15, 0.2) is 48.5 Å². The summed E-state index contributed by atoms with van der Waals surface area (Å²) in [7, 11) is 0. The lowest BCUT2D eigenvalue weighted by Crippen LogP contribution is -2.48. The van der Waals surface area contributed by atoms with E-state index in [1.807, 2.05) is 0 Å². The van der Waals surface area contributed by atoms with E-state index < -0.39 is 11.7 Å². The highest BCUT2D eigenvalue weighted by atomic mass is 35.5. The van der Waals surface area contributed by atoms with Gasteiger partial charge in [-0.3, -0.25) is 4.79 Å². The molecule has 25 heavy (non-hydrogen) atoms. The summed E-state index contributed by atoms with van der Waals surface area (Å²) < 4.78 is 13.2. The van der Waals surface area contributed by atoms with Crippen molar-refractivity contribution in [2.45, 2.75) is 19.3 Å². The average Bonchev–Trinajstić information content (AvgIpc) is 2.63. The van der Waals surface area contributed by atoms with E-state index in [0.29, 0.717) is 23.8 Å². The Labute approximate surface area is 150 Å². The Morgan fingerprint density at radius 2 is 1.68 bits per heavy atom. The second-order valence-corrected chi connectivity index (χ2v) is 6.39. The summed E-state index contributed by atoms with van der Waals surface area (Å²) in [4.78, 5) is 28.8. The molecule has 3 rings (SSSR count). The van der Waals surface area contributed by atoms with Crippen LogP contribution in [0.2, 0.25) is 5.02 Å². The molecule has 0 saturated carbocycles. The molecule has 3 amide bonds. The van der Waals surface area contributed by atoms with Crippen molar-refractivity contribution in [3.63, 3.8) is 0 Å². The monoisotopic (exact) mass is 360 g/mol. The maximum Gasteiger partial charge on any atom is 0.331 e. The van der Waals surface area contributed by atoms with E-state index in [0.717, 1.165) is 24.2 Å². The van der Waals surface area contributed by atoms with Crippen molar-refractivity contribution in [1.82, 2.24) is 4.90 Å². The van der Waals surface area contributed by atoms with Crippen molar-refractivity contribution >= 4 is 29.2 Å². The van der Waals surface area contributed by atoms with E-state index in [9.17, 15) is 14.0 Å². The Hall–Kier alpha value is -2.40. The number of carbonyl (C=O) groups is 2. The number of rotatable bonds is 2. The first-order valence-corrected chi connectivity index (χ1v) is 8.58. The van der Waals surface area contributed by atoms with Gasteiger partial charge >= 0.3 is 6.03 Å². The molecule has 1 saturated heterocycles. The molecule has 0 unspecified atom stereocenters. The SMILES string of the molecule is O=C(c1ccc(F)cc1)N(C(=O)N1CCCCC1)c1cccc(Cl)c1. The lowest BCUT2D eigenvalue weighted by molar-refractivity contribution is 0.0983. The number of hydrogen-bond acceptors (Lipinski definition) is 2. The van der Waals surface area contributed by atoms with Crippen LogP contribution in [0.1, 0.15) is 29.6 Å². The van der Waals surface area contributed by atoms with Gasteiger partial charge in [0.2, 0.25) is 0 Å². The molecule has 0 atom stereocenters. The molecule has 0 aliphatic carbocycles. The number of halogens is 2. The fourth-order valence-corrected chi connectivity index (χ4v) is 3.06. The van der Waals surface area contributed by atoms with E-state index in [4.69, 9.17) is 11.6 Å². The Balaban J connectivity index is 1.97. The van der Waals surface area contributed by atoms with Gasteiger partial charge in [-0.15, -0.1) is 0 Å². The van der Waals surface area contributed by atoms with Crippen molar-refractivity contribution in [2.75, 3.05) is 18.0 Å². The van der Waals surface area contributed by atoms with E-state index >= 15 is 0 Å². The number of hydrogen-bond donors (Lipinski definition) is 0. The lowest BCUT2D eigenvalue weighted by Gasteiger charge is -2.32. The molecule has 130 valence electrons. The summed E-state index contributed by atoms with van der Waals surface area (Å²) in [6.45, 7) is 1.24.